The summed E-state index contributed by atoms with van der Waals surface area (Å²) in [5.41, 5.74) is 5.30. The predicted molar refractivity (Wildman–Crippen MR) is 146 cm³/mol. The Morgan fingerprint density at radius 1 is 0.857 bits per heavy atom. The first kappa shape index (κ1) is 21.6. The molecule has 0 aliphatic carbocycles. The minimum absolute atomic E-state index is 0.0991. The third kappa shape index (κ3) is 3.61. The van der Waals surface area contributed by atoms with Crippen LogP contribution in [0.1, 0.15) is 29.9 Å². The van der Waals surface area contributed by atoms with Crippen LogP contribution in [-0.4, -0.2) is 20.0 Å². The van der Waals surface area contributed by atoms with E-state index in [-0.39, 0.29) is 5.91 Å². The number of aryl methyl sites for hydroxylation is 2. The fourth-order valence-corrected chi connectivity index (χ4v) is 5.86. The zero-order valence-electron chi connectivity index (χ0n) is 19.8. The normalized spacial score (nSPS) is 11.6. The maximum absolute atomic E-state index is 13.2. The van der Waals surface area contributed by atoms with Gasteiger partial charge in [-0.3, -0.25) is 4.79 Å². The molecule has 0 aliphatic rings. The summed E-state index contributed by atoms with van der Waals surface area (Å²) < 4.78 is 4.56. The van der Waals surface area contributed by atoms with Gasteiger partial charge >= 0.3 is 0 Å². The standard InChI is InChI=1S/C29H26N4OS/c1-3-17-33-25-12-8-6-10-22(25)31-28(33)26-15-16-27(35-26)29(34)30-19-13-14-24-21(18-19)20-9-5-7-11-23(20)32(24)4-2/h5-16,18H,3-4,17H2,1-2H3,(H,30,34). The fraction of sp³-hybridized carbons (Fsp3) is 0.172. The second kappa shape index (κ2) is 8.71. The molecule has 3 aromatic heterocycles. The van der Waals surface area contributed by atoms with Crippen LogP contribution >= 0.6 is 11.3 Å². The summed E-state index contributed by atoms with van der Waals surface area (Å²) in [7, 11) is 0. The highest BCUT2D eigenvalue weighted by molar-refractivity contribution is 7.17. The third-order valence-corrected chi connectivity index (χ3v) is 7.58. The lowest BCUT2D eigenvalue weighted by atomic mass is 10.1. The monoisotopic (exact) mass is 478 g/mol. The van der Waals surface area contributed by atoms with E-state index in [1.165, 1.54) is 27.8 Å². The molecule has 0 fully saturated rings. The molecule has 174 valence electrons. The molecule has 3 aromatic carbocycles. The van der Waals surface area contributed by atoms with Gasteiger partial charge in [0.1, 0.15) is 0 Å². The number of amides is 1. The van der Waals surface area contributed by atoms with Crippen molar-refractivity contribution in [3.63, 3.8) is 0 Å². The van der Waals surface area contributed by atoms with Crippen molar-refractivity contribution in [1.29, 1.82) is 0 Å². The summed E-state index contributed by atoms with van der Waals surface area (Å²) in [5.74, 6) is 0.823. The molecule has 5 nitrogen and oxygen atoms in total. The number of thiophene rings is 1. The lowest BCUT2D eigenvalue weighted by Crippen LogP contribution is -2.09. The molecule has 6 rings (SSSR count). The fourth-order valence-electron chi connectivity index (χ4n) is 4.96. The van der Waals surface area contributed by atoms with Crippen LogP contribution in [0.5, 0.6) is 0 Å². The first-order valence-corrected chi connectivity index (χ1v) is 12.9. The molecule has 6 aromatic rings. The maximum Gasteiger partial charge on any atom is 0.265 e. The van der Waals surface area contributed by atoms with E-state index in [0.29, 0.717) is 4.88 Å². The van der Waals surface area contributed by atoms with Crippen molar-refractivity contribution in [2.45, 2.75) is 33.4 Å². The highest BCUT2D eigenvalue weighted by Crippen LogP contribution is 2.33. The van der Waals surface area contributed by atoms with Crippen molar-refractivity contribution in [3.8, 4) is 10.7 Å². The average Bonchev–Trinajstić information content (AvgIpc) is 3.59. The number of carbonyl (C=O) groups excluding carboxylic acids is 1. The number of aromatic nitrogens is 3. The number of anilines is 1. The number of nitrogens with zero attached hydrogens (tertiary/aromatic N) is 3. The molecule has 35 heavy (non-hydrogen) atoms. The molecule has 1 amide bonds. The molecular formula is C29H26N4OS. The van der Waals surface area contributed by atoms with E-state index in [0.717, 1.165) is 52.3 Å². The van der Waals surface area contributed by atoms with E-state index in [2.05, 4.69) is 70.8 Å². The summed E-state index contributed by atoms with van der Waals surface area (Å²) in [5, 5.41) is 5.46. The number of rotatable bonds is 6. The molecule has 6 heteroatoms. The van der Waals surface area contributed by atoms with Crippen molar-refractivity contribution in [2.24, 2.45) is 0 Å². The number of carbonyl (C=O) groups is 1. The second-order valence-electron chi connectivity index (χ2n) is 8.69. The SMILES string of the molecule is CCCn1c(-c2ccc(C(=O)Nc3ccc4c(c3)c3ccccc3n4CC)s2)nc2ccccc21. The molecule has 1 N–H and O–H groups in total. The Kier molecular flexibility index (Phi) is 5.38. The number of fused-ring (bicyclic) bond motifs is 4. The molecular weight excluding hydrogens is 452 g/mol. The Hall–Kier alpha value is -3.90. The number of para-hydroxylation sites is 3. The highest BCUT2D eigenvalue weighted by atomic mass is 32.1. The molecule has 0 aliphatic heterocycles. The minimum atomic E-state index is -0.0991. The van der Waals surface area contributed by atoms with E-state index in [1.54, 1.807) is 0 Å². The quantitative estimate of drug-likeness (QED) is 0.269. The van der Waals surface area contributed by atoms with E-state index < -0.39 is 0 Å². The van der Waals surface area contributed by atoms with E-state index in [9.17, 15) is 4.79 Å². The smallest absolute Gasteiger partial charge is 0.265 e. The largest absolute Gasteiger partial charge is 0.341 e. The Balaban J connectivity index is 1.32. The Morgan fingerprint density at radius 3 is 2.46 bits per heavy atom. The molecule has 0 saturated carbocycles. The third-order valence-electron chi connectivity index (χ3n) is 6.50. The van der Waals surface area contributed by atoms with Gasteiger partial charge in [0.25, 0.3) is 5.91 Å². The van der Waals surface area contributed by atoms with Crippen molar-refractivity contribution < 1.29 is 4.79 Å². The number of hydrogen-bond donors (Lipinski definition) is 1. The van der Waals surface area contributed by atoms with Crippen LogP contribution in [0.2, 0.25) is 0 Å². The van der Waals surface area contributed by atoms with Gasteiger partial charge in [0.05, 0.1) is 20.8 Å². The molecule has 3 heterocycles. The minimum Gasteiger partial charge on any atom is -0.341 e. The highest BCUT2D eigenvalue weighted by Gasteiger charge is 2.17. The summed E-state index contributed by atoms with van der Waals surface area (Å²) in [4.78, 5) is 19.7. The van der Waals surface area contributed by atoms with Crippen LogP contribution in [0.15, 0.2) is 78.9 Å². The lowest BCUT2D eigenvalue weighted by molar-refractivity contribution is 0.103. The zero-order valence-corrected chi connectivity index (χ0v) is 20.6. The summed E-state index contributed by atoms with van der Waals surface area (Å²) in [6, 6.07) is 26.7. The topological polar surface area (TPSA) is 51.9 Å². The molecule has 0 radical (unpaired) electrons. The summed E-state index contributed by atoms with van der Waals surface area (Å²) >= 11 is 1.48. The summed E-state index contributed by atoms with van der Waals surface area (Å²) in [6.45, 7) is 6.11. The van der Waals surface area contributed by atoms with Gasteiger partial charge in [-0.15, -0.1) is 11.3 Å². The number of imidazole rings is 1. The van der Waals surface area contributed by atoms with Crippen molar-refractivity contribution in [2.75, 3.05) is 5.32 Å². The Bertz CT molecular complexity index is 1700. The molecule has 0 atom stereocenters. The van der Waals surface area contributed by atoms with Crippen LogP contribution in [0.4, 0.5) is 5.69 Å². The summed E-state index contributed by atoms with van der Waals surface area (Å²) in [6.07, 6.45) is 1.02. The predicted octanol–water partition coefficient (Wildman–Crippen LogP) is 7.55. The zero-order chi connectivity index (χ0) is 23.9. The van der Waals surface area contributed by atoms with Gasteiger partial charge in [-0.25, -0.2) is 4.98 Å². The van der Waals surface area contributed by atoms with Crippen LogP contribution in [-0.2, 0) is 13.1 Å². The van der Waals surface area contributed by atoms with Crippen LogP contribution in [0.3, 0.4) is 0 Å². The van der Waals surface area contributed by atoms with Crippen molar-refractivity contribution in [1.82, 2.24) is 14.1 Å². The van der Waals surface area contributed by atoms with Crippen LogP contribution in [0.25, 0.3) is 43.5 Å². The van der Waals surface area contributed by atoms with Gasteiger partial charge in [-0.2, -0.15) is 0 Å². The van der Waals surface area contributed by atoms with Gasteiger partial charge in [-0.1, -0.05) is 37.3 Å². The van der Waals surface area contributed by atoms with Gasteiger partial charge in [0.2, 0.25) is 0 Å². The molecule has 0 saturated heterocycles. The van der Waals surface area contributed by atoms with E-state index in [1.807, 2.05) is 36.4 Å². The molecule has 0 bridgehead atoms. The molecule has 0 spiro atoms. The Labute approximate surface area is 207 Å². The van der Waals surface area contributed by atoms with Crippen molar-refractivity contribution >= 4 is 55.8 Å². The number of hydrogen-bond acceptors (Lipinski definition) is 3. The first-order valence-electron chi connectivity index (χ1n) is 12.1. The maximum atomic E-state index is 13.2. The van der Waals surface area contributed by atoms with Gasteiger partial charge in [-0.05, 0) is 61.9 Å². The van der Waals surface area contributed by atoms with Crippen molar-refractivity contribution in [3.05, 3.63) is 83.7 Å². The van der Waals surface area contributed by atoms with E-state index >= 15 is 0 Å². The van der Waals surface area contributed by atoms with Gasteiger partial charge in [0.15, 0.2) is 5.82 Å². The van der Waals surface area contributed by atoms with Crippen LogP contribution < -0.4 is 5.32 Å². The molecule has 0 unspecified atom stereocenters. The average molecular weight is 479 g/mol. The lowest BCUT2D eigenvalue weighted by Gasteiger charge is -2.06. The number of nitrogens with one attached hydrogen (secondary N) is 1. The Morgan fingerprint density at radius 2 is 1.63 bits per heavy atom. The van der Waals surface area contributed by atoms with E-state index in [4.69, 9.17) is 4.98 Å². The number of benzene rings is 3. The first-order chi connectivity index (χ1) is 17.2. The van der Waals surface area contributed by atoms with Crippen LogP contribution in [0, 0.1) is 0 Å². The van der Waals surface area contributed by atoms with Gasteiger partial charge in [0, 0.05) is 40.6 Å². The van der Waals surface area contributed by atoms with Gasteiger partial charge < -0.3 is 14.5 Å². The second-order valence-corrected chi connectivity index (χ2v) is 9.77.